The van der Waals surface area contributed by atoms with Crippen molar-refractivity contribution >= 4 is 27.8 Å². The van der Waals surface area contributed by atoms with Gasteiger partial charge in [-0.2, -0.15) is 0 Å². The Balaban J connectivity index is 2.03. The van der Waals surface area contributed by atoms with Crippen molar-refractivity contribution in [1.82, 2.24) is 9.97 Å². The second kappa shape index (κ2) is 6.48. The molecule has 3 nitrogen and oxygen atoms in total. The zero-order valence-electron chi connectivity index (χ0n) is 11.9. The minimum atomic E-state index is 0.633. The summed E-state index contributed by atoms with van der Waals surface area (Å²) < 4.78 is 0. The third kappa shape index (κ3) is 4.28. The van der Waals surface area contributed by atoms with Gasteiger partial charge in [0.05, 0.1) is 15.6 Å². The third-order valence-electron chi connectivity index (χ3n) is 2.55. The molecule has 0 aliphatic carbocycles. The predicted octanol–water partition coefficient (Wildman–Crippen LogP) is 4.53. The van der Waals surface area contributed by atoms with Gasteiger partial charge in [-0.3, -0.25) is 0 Å². The van der Waals surface area contributed by atoms with E-state index in [1.807, 2.05) is 6.20 Å². The summed E-state index contributed by atoms with van der Waals surface area (Å²) in [6, 6.07) is 0. The zero-order valence-corrected chi connectivity index (χ0v) is 13.6. The van der Waals surface area contributed by atoms with E-state index in [-0.39, 0.29) is 0 Å². The molecule has 0 saturated carbocycles. The summed E-state index contributed by atoms with van der Waals surface area (Å²) in [6.07, 6.45) is 3.00. The van der Waals surface area contributed by atoms with Gasteiger partial charge in [-0.05, 0) is 11.8 Å². The Hall–Kier alpha value is -0.940. The smallest absolute Gasteiger partial charge is 0.183 e. The fraction of sp³-hybridized carbons (Fsp3) is 0.571. The Morgan fingerprint density at radius 3 is 2.68 bits per heavy atom. The molecule has 2 aromatic heterocycles. The fourth-order valence-electron chi connectivity index (χ4n) is 1.63. The van der Waals surface area contributed by atoms with Crippen LogP contribution in [0.1, 0.15) is 32.7 Å². The van der Waals surface area contributed by atoms with Crippen LogP contribution >= 0.6 is 22.7 Å². The molecule has 0 amide bonds. The zero-order chi connectivity index (χ0) is 13.8. The summed E-state index contributed by atoms with van der Waals surface area (Å²) in [6.45, 7) is 9.80. The van der Waals surface area contributed by atoms with Crippen molar-refractivity contribution in [3.05, 3.63) is 16.6 Å². The molecule has 0 fully saturated rings. The Morgan fingerprint density at radius 2 is 2.00 bits per heavy atom. The SMILES string of the molecule is CC(C)CNc1nc(-c2cnc(CC(C)C)s2)cs1. The molecule has 0 aromatic carbocycles. The molecule has 0 saturated heterocycles. The number of anilines is 1. The van der Waals surface area contributed by atoms with Gasteiger partial charge in [0.2, 0.25) is 0 Å². The van der Waals surface area contributed by atoms with E-state index < -0.39 is 0 Å². The molecule has 5 heteroatoms. The van der Waals surface area contributed by atoms with E-state index in [1.54, 1.807) is 22.7 Å². The summed E-state index contributed by atoms with van der Waals surface area (Å²) in [4.78, 5) is 10.3. The first-order valence-corrected chi connectivity index (χ1v) is 8.38. The fourth-order valence-corrected chi connectivity index (χ4v) is 3.52. The van der Waals surface area contributed by atoms with E-state index >= 15 is 0 Å². The highest BCUT2D eigenvalue weighted by atomic mass is 32.1. The Labute approximate surface area is 123 Å². The predicted molar refractivity (Wildman–Crippen MR) is 85.1 cm³/mol. The van der Waals surface area contributed by atoms with E-state index in [2.05, 4.69) is 48.4 Å². The molecule has 104 valence electrons. The maximum absolute atomic E-state index is 4.62. The van der Waals surface area contributed by atoms with Gasteiger partial charge in [-0.25, -0.2) is 9.97 Å². The van der Waals surface area contributed by atoms with Crippen molar-refractivity contribution in [2.75, 3.05) is 11.9 Å². The van der Waals surface area contributed by atoms with Crippen LogP contribution in [-0.4, -0.2) is 16.5 Å². The standard InChI is InChI=1S/C14H21N3S2/c1-9(2)5-13-15-7-12(19-13)11-8-18-14(17-11)16-6-10(3)4/h7-10H,5-6H2,1-4H3,(H,16,17). The van der Waals surface area contributed by atoms with Crippen molar-refractivity contribution in [2.24, 2.45) is 11.8 Å². The van der Waals surface area contributed by atoms with Crippen molar-refractivity contribution in [1.29, 1.82) is 0 Å². The van der Waals surface area contributed by atoms with Crippen LogP contribution in [-0.2, 0) is 6.42 Å². The van der Waals surface area contributed by atoms with Crippen LogP contribution in [0.25, 0.3) is 10.6 Å². The average molecular weight is 295 g/mol. The molecule has 0 atom stereocenters. The lowest BCUT2D eigenvalue weighted by atomic mass is 10.1. The van der Waals surface area contributed by atoms with Gasteiger partial charge < -0.3 is 5.32 Å². The highest BCUT2D eigenvalue weighted by Crippen LogP contribution is 2.30. The number of aromatic nitrogens is 2. The number of nitrogens with one attached hydrogen (secondary N) is 1. The monoisotopic (exact) mass is 295 g/mol. The number of rotatable bonds is 6. The van der Waals surface area contributed by atoms with Crippen molar-refractivity contribution in [3.8, 4) is 10.6 Å². The van der Waals surface area contributed by atoms with E-state index in [4.69, 9.17) is 0 Å². The minimum absolute atomic E-state index is 0.633. The van der Waals surface area contributed by atoms with Gasteiger partial charge in [0.1, 0.15) is 0 Å². The quantitative estimate of drug-likeness (QED) is 0.850. The van der Waals surface area contributed by atoms with Crippen molar-refractivity contribution in [2.45, 2.75) is 34.1 Å². The van der Waals surface area contributed by atoms with Gasteiger partial charge in [-0.1, -0.05) is 27.7 Å². The Kier molecular flexibility index (Phi) is 4.93. The van der Waals surface area contributed by atoms with Crippen LogP contribution in [0.5, 0.6) is 0 Å². The number of hydrogen-bond donors (Lipinski definition) is 1. The summed E-state index contributed by atoms with van der Waals surface area (Å²) in [5.74, 6) is 1.28. The molecule has 1 N–H and O–H groups in total. The third-order valence-corrected chi connectivity index (χ3v) is 4.40. The lowest BCUT2D eigenvalue weighted by Gasteiger charge is -2.04. The molecule has 0 spiro atoms. The first kappa shape index (κ1) is 14.5. The Bertz CT molecular complexity index is 514. The molecule has 0 radical (unpaired) electrons. The molecule has 2 aromatic rings. The topological polar surface area (TPSA) is 37.8 Å². The molecule has 0 aliphatic rings. The first-order chi connectivity index (χ1) is 9.04. The molecule has 0 aliphatic heterocycles. The summed E-state index contributed by atoms with van der Waals surface area (Å²) >= 11 is 3.42. The van der Waals surface area contributed by atoms with Crippen LogP contribution < -0.4 is 5.32 Å². The molecule has 19 heavy (non-hydrogen) atoms. The summed E-state index contributed by atoms with van der Waals surface area (Å²) in [7, 11) is 0. The van der Waals surface area contributed by atoms with E-state index in [0.29, 0.717) is 11.8 Å². The normalized spacial score (nSPS) is 11.5. The van der Waals surface area contributed by atoms with Gasteiger partial charge >= 0.3 is 0 Å². The van der Waals surface area contributed by atoms with E-state index in [0.717, 1.165) is 23.8 Å². The second-order valence-electron chi connectivity index (χ2n) is 5.53. The lowest BCUT2D eigenvalue weighted by Crippen LogP contribution is -2.07. The maximum atomic E-state index is 4.62. The number of nitrogens with zero attached hydrogens (tertiary/aromatic N) is 2. The average Bonchev–Trinajstić information content (AvgIpc) is 2.93. The van der Waals surface area contributed by atoms with E-state index in [9.17, 15) is 0 Å². The van der Waals surface area contributed by atoms with Gasteiger partial charge in [-0.15, -0.1) is 22.7 Å². The van der Waals surface area contributed by atoms with Crippen LogP contribution in [0, 0.1) is 11.8 Å². The highest BCUT2D eigenvalue weighted by Gasteiger charge is 2.09. The largest absolute Gasteiger partial charge is 0.361 e. The minimum Gasteiger partial charge on any atom is -0.361 e. The number of hydrogen-bond acceptors (Lipinski definition) is 5. The molecule has 0 unspecified atom stereocenters. The van der Waals surface area contributed by atoms with Crippen LogP contribution in [0.2, 0.25) is 0 Å². The van der Waals surface area contributed by atoms with Crippen molar-refractivity contribution < 1.29 is 0 Å². The number of thiazole rings is 2. The molecular formula is C14H21N3S2. The van der Waals surface area contributed by atoms with Gasteiger partial charge in [0.25, 0.3) is 0 Å². The molecular weight excluding hydrogens is 274 g/mol. The van der Waals surface area contributed by atoms with Crippen LogP contribution in [0.15, 0.2) is 11.6 Å². The molecule has 2 heterocycles. The molecule has 2 rings (SSSR count). The highest BCUT2D eigenvalue weighted by molar-refractivity contribution is 7.16. The second-order valence-corrected chi connectivity index (χ2v) is 7.50. The van der Waals surface area contributed by atoms with Gasteiger partial charge in [0, 0.05) is 24.5 Å². The van der Waals surface area contributed by atoms with Crippen molar-refractivity contribution in [3.63, 3.8) is 0 Å². The maximum Gasteiger partial charge on any atom is 0.183 e. The molecule has 0 bridgehead atoms. The van der Waals surface area contributed by atoms with E-state index in [1.165, 1.54) is 9.88 Å². The summed E-state index contributed by atoms with van der Waals surface area (Å²) in [5.41, 5.74) is 1.05. The lowest BCUT2D eigenvalue weighted by molar-refractivity contribution is 0.644. The Morgan fingerprint density at radius 1 is 1.21 bits per heavy atom. The van der Waals surface area contributed by atoms with Gasteiger partial charge in [0.15, 0.2) is 5.13 Å². The summed E-state index contributed by atoms with van der Waals surface area (Å²) in [5, 5.41) is 7.68. The van der Waals surface area contributed by atoms with Crippen LogP contribution in [0.3, 0.4) is 0 Å². The van der Waals surface area contributed by atoms with Crippen LogP contribution in [0.4, 0.5) is 5.13 Å². The first-order valence-electron chi connectivity index (χ1n) is 6.69.